The zero-order valence-corrected chi connectivity index (χ0v) is 34.3. The van der Waals surface area contributed by atoms with Crippen LogP contribution in [-0.4, -0.2) is 52.8 Å². The van der Waals surface area contributed by atoms with E-state index >= 15 is 0 Å². The molecule has 1 amide bonds. The molecule has 0 saturated heterocycles. The Labute approximate surface area is 280 Å². The molecule has 0 aromatic carbocycles. The first kappa shape index (κ1) is 43.8. The van der Waals surface area contributed by atoms with E-state index in [1.165, 1.54) is 5.57 Å². The largest absolute Gasteiger partial charge is 0.445 e. The second-order valence-electron chi connectivity index (χ2n) is 16.7. The van der Waals surface area contributed by atoms with E-state index in [1.54, 1.807) is 0 Å². The Kier molecular flexibility index (Phi) is 17.9. The Morgan fingerprint density at radius 2 is 1.22 bits per heavy atom. The van der Waals surface area contributed by atoms with Crippen LogP contribution in [0.1, 0.15) is 103 Å². The van der Waals surface area contributed by atoms with Gasteiger partial charge in [0.05, 0.1) is 18.8 Å². The minimum atomic E-state index is -2.17. The van der Waals surface area contributed by atoms with E-state index in [1.807, 2.05) is 6.08 Å². The van der Waals surface area contributed by atoms with E-state index in [2.05, 4.69) is 141 Å². The molecule has 6 nitrogen and oxygen atoms in total. The molecular weight excluding hydrogens is 595 g/mol. The van der Waals surface area contributed by atoms with Gasteiger partial charge in [0, 0.05) is 11.8 Å². The number of carbonyl (C=O) groups excluding carboxylic acids is 1. The number of rotatable bonds is 18. The second-order valence-corrected chi connectivity index (χ2v) is 26.2. The number of allylic oxidation sites excluding steroid dienone is 2. The van der Waals surface area contributed by atoms with Crippen LogP contribution in [0.15, 0.2) is 36.0 Å². The SMILES string of the molecule is CC/C=C\C(C)[C@H](OC(N)=O)[C@@H](C)[C@H](O[Si](C)(C)C(C)(C)C)[C@@H](C)C/C(C)=C\[C@H](C)[C@@H](O[Si](C)(C)C(C)(C)C)C(C)/C=C\CO. The minimum Gasteiger partial charge on any atom is -0.445 e. The molecule has 0 bridgehead atoms. The molecule has 0 radical (unpaired) electrons. The number of hydrogen-bond donors (Lipinski definition) is 2. The molecule has 0 aliphatic carbocycles. The lowest BCUT2D eigenvalue weighted by molar-refractivity contribution is -0.0207. The van der Waals surface area contributed by atoms with Crippen LogP contribution in [0.5, 0.6) is 0 Å². The lowest BCUT2D eigenvalue weighted by atomic mass is 9.81. The summed E-state index contributed by atoms with van der Waals surface area (Å²) in [6.45, 7) is 38.1. The molecule has 0 saturated carbocycles. The maximum absolute atomic E-state index is 12.1. The van der Waals surface area contributed by atoms with E-state index in [0.29, 0.717) is 0 Å². The molecule has 8 atom stereocenters. The lowest BCUT2D eigenvalue weighted by Gasteiger charge is -2.45. The summed E-state index contributed by atoms with van der Waals surface area (Å²) in [6.07, 6.45) is 11.0. The number of primary amides is 1. The molecule has 3 N–H and O–H groups in total. The molecule has 264 valence electrons. The molecule has 0 spiro atoms. The van der Waals surface area contributed by atoms with Crippen LogP contribution in [0, 0.1) is 29.6 Å². The van der Waals surface area contributed by atoms with E-state index < -0.39 is 28.8 Å². The van der Waals surface area contributed by atoms with Crippen LogP contribution in [0.2, 0.25) is 36.3 Å². The van der Waals surface area contributed by atoms with Gasteiger partial charge in [-0.15, -0.1) is 0 Å². The summed E-state index contributed by atoms with van der Waals surface area (Å²) in [7, 11) is -4.20. The van der Waals surface area contributed by atoms with E-state index in [0.717, 1.165) is 12.8 Å². The van der Waals surface area contributed by atoms with Crippen LogP contribution in [-0.2, 0) is 13.6 Å². The number of ether oxygens (including phenoxy) is 1. The summed E-state index contributed by atoms with van der Waals surface area (Å²) >= 11 is 0. The summed E-state index contributed by atoms with van der Waals surface area (Å²) in [5.74, 6) is 0.435. The van der Waals surface area contributed by atoms with Crippen molar-refractivity contribution in [3.8, 4) is 0 Å². The summed E-state index contributed by atoms with van der Waals surface area (Å²) < 4.78 is 20.0. The highest BCUT2D eigenvalue weighted by molar-refractivity contribution is 6.74. The van der Waals surface area contributed by atoms with Gasteiger partial charge in [-0.05, 0) is 73.8 Å². The molecule has 45 heavy (non-hydrogen) atoms. The second kappa shape index (κ2) is 18.4. The fourth-order valence-electron chi connectivity index (χ4n) is 5.56. The first-order chi connectivity index (χ1) is 20.3. The van der Waals surface area contributed by atoms with Gasteiger partial charge in [0.25, 0.3) is 0 Å². The van der Waals surface area contributed by atoms with Crippen molar-refractivity contribution < 1.29 is 23.5 Å². The predicted octanol–water partition coefficient (Wildman–Crippen LogP) is 10.3. The highest BCUT2D eigenvalue weighted by Crippen LogP contribution is 2.42. The van der Waals surface area contributed by atoms with Gasteiger partial charge in [-0.25, -0.2) is 4.79 Å². The highest BCUT2D eigenvalue weighted by atomic mass is 28.4. The first-order valence-corrected chi connectivity index (χ1v) is 23.1. The molecular formula is C37H73NO5Si2. The van der Waals surface area contributed by atoms with Gasteiger partial charge in [0.2, 0.25) is 0 Å². The Balaban J connectivity index is 6.58. The fourth-order valence-corrected chi connectivity index (χ4v) is 8.51. The number of hydrogen-bond acceptors (Lipinski definition) is 5. The molecule has 0 aliphatic heterocycles. The van der Waals surface area contributed by atoms with Crippen molar-refractivity contribution in [3.05, 3.63) is 36.0 Å². The van der Waals surface area contributed by atoms with Gasteiger partial charge in [-0.2, -0.15) is 0 Å². The summed E-state index contributed by atoms with van der Waals surface area (Å²) in [4.78, 5) is 12.1. The predicted molar refractivity (Wildman–Crippen MR) is 198 cm³/mol. The molecule has 0 fully saturated rings. The molecule has 8 heteroatoms. The maximum atomic E-state index is 12.1. The van der Waals surface area contributed by atoms with E-state index in [9.17, 15) is 9.90 Å². The third kappa shape index (κ3) is 14.2. The van der Waals surface area contributed by atoms with Crippen molar-refractivity contribution in [2.24, 2.45) is 35.3 Å². The topological polar surface area (TPSA) is 91.0 Å². The van der Waals surface area contributed by atoms with E-state index in [4.69, 9.17) is 19.3 Å². The van der Waals surface area contributed by atoms with Gasteiger partial charge in [-0.1, -0.05) is 119 Å². The number of aliphatic hydroxyl groups is 1. The van der Waals surface area contributed by atoms with E-state index in [-0.39, 0.29) is 58.5 Å². The third-order valence-electron chi connectivity index (χ3n) is 10.3. The fraction of sp³-hybridized carbons (Fsp3) is 0.811. The Hall–Kier alpha value is -1.20. The molecule has 0 heterocycles. The highest BCUT2D eigenvalue weighted by Gasteiger charge is 2.44. The first-order valence-electron chi connectivity index (χ1n) is 17.3. The Morgan fingerprint density at radius 3 is 1.64 bits per heavy atom. The van der Waals surface area contributed by atoms with Crippen LogP contribution in [0.25, 0.3) is 0 Å². The van der Waals surface area contributed by atoms with Gasteiger partial charge in [-0.3, -0.25) is 0 Å². The van der Waals surface area contributed by atoms with Crippen molar-refractivity contribution in [1.29, 1.82) is 0 Å². The number of amides is 1. The number of carbonyl (C=O) groups is 1. The van der Waals surface area contributed by atoms with Crippen LogP contribution in [0.3, 0.4) is 0 Å². The normalized spacial score (nSPS) is 19.6. The van der Waals surface area contributed by atoms with Crippen molar-refractivity contribution >= 4 is 22.7 Å². The van der Waals surface area contributed by atoms with Crippen LogP contribution in [0.4, 0.5) is 4.79 Å². The average molecular weight is 668 g/mol. The van der Waals surface area contributed by atoms with Gasteiger partial charge in [0.15, 0.2) is 16.6 Å². The summed E-state index contributed by atoms with van der Waals surface area (Å²) in [5, 5.41) is 9.58. The quantitative estimate of drug-likeness (QED) is 0.112. The molecule has 0 rings (SSSR count). The average Bonchev–Trinajstić information content (AvgIpc) is 2.88. The number of aliphatic hydroxyl groups excluding tert-OH is 1. The Morgan fingerprint density at radius 1 is 0.778 bits per heavy atom. The molecule has 0 aliphatic rings. The Bertz CT molecular complexity index is 976. The smallest absolute Gasteiger partial charge is 0.404 e. The molecule has 0 aromatic rings. The van der Waals surface area contributed by atoms with Crippen LogP contribution >= 0.6 is 0 Å². The summed E-state index contributed by atoms with van der Waals surface area (Å²) in [5.41, 5.74) is 6.90. The van der Waals surface area contributed by atoms with Gasteiger partial charge < -0.3 is 24.4 Å². The number of nitrogens with two attached hydrogens (primary N) is 1. The third-order valence-corrected chi connectivity index (χ3v) is 19.2. The van der Waals surface area contributed by atoms with Crippen molar-refractivity contribution in [2.45, 2.75) is 157 Å². The monoisotopic (exact) mass is 668 g/mol. The van der Waals surface area contributed by atoms with Gasteiger partial charge >= 0.3 is 6.09 Å². The van der Waals surface area contributed by atoms with Crippen molar-refractivity contribution in [3.63, 3.8) is 0 Å². The summed E-state index contributed by atoms with van der Waals surface area (Å²) in [6, 6.07) is 0. The van der Waals surface area contributed by atoms with Crippen molar-refractivity contribution in [2.75, 3.05) is 6.61 Å². The maximum Gasteiger partial charge on any atom is 0.404 e. The molecule has 2 unspecified atom stereocenters. The standard InChI is InChI=1S/C37H73NO5Si2/c1-18-19-21-28(4)33(41-35(38)40)31(7)34(43-45(16,17)37(11,12)13)30(6)25-26(2)24-29(5)32(27(3)22-20-23-39)42-44(14,15)36(8,9)10/h19-22,24,27-34,39H,18,23,25H2,1-17H3,(H2,38,40)/b21-19-,22-20-,26-24-/t27?,28?,29-,30-,31+,32-,33-,34+/m0/s1. The minimum absolute atomic E-state index is 0.00306. The molecule has 0 aromatic heterocycles. The van der Waals surface area contributed by atoms with Crippen LogP contribution < -0.4 is 5.73 Å². The zero-order chi connectivity index (χ0) is 35.6. The lowest BCUT2D eigenvalue weighted by Crippen LogP contribution is -2.50. The van der Waals surface area contributed by atoms with Crippen molar-refractivity contribution in [1.82, 2.24) is 0 Å². The van der Waals surface area contributed by atoms with Gasteiger partial charge in [0.1, 0.15) is 6.10 Å². The zero-order valence-electron chi connectivity index (χ0n) is 32.3.